The molecule has 0 spiro atoms. The average Bonchev–Trinajstić information content (AvgIpc) is 3.60. The molecule has 270 valence electrons. The van der Waals surface area contributed by atoms with E-state index in [1.807, 2.05) is 0 Å². The maximum atomic E-state index is 13.7. The number of amides is 1. The Morgan fingerprint density at radius 1 is 1.00 bits per heavy atom. The van der Waals surface area contributed by atoms with Gasteiger partial charge in [0.25, 0.3) is 6.43 Å². The van der Waals surface area contributed by atoms with Crippen LogP contribution in [0.4, 0.5) is 19.3 Å². The van der Waals surface area contributed by atoms with Gasteiger partial charge in [0.2, 0.25) is 12.4 Å². The lowest BCUT2D eigenvalue weighted by Crippen LogP contribution is -2.53. The van der Waals surface area contributed by atoms with E-state index < -0.39 is 24.6 Å². The van der Waals surface area contributed by atoms with Crippen molar-refractivity contribution < 1.29 is 47.3 Å². The number of carbonyl (C=O) groups is 2. The van der Waals surface area contributed by atoms with Crippen LogP contribution < -0.4 is 19.1 Å². The van der Waals surface area contributed by atoms with Crippen LogP contribution in [-0.2, 0) is 22.4 Å². The van der Waals surface area contributed by atoms with E-state index in [1.54, 1.807) is 36.4 Å². The number of esters is 1. The molecule has 7 rings (SSSR count). The van der Waals surface area contributed by atoms with Gasteiger partial charge in [0.1, 0.15) is 27.1 Å². The minimum absolute atomic E-state index is 0.0277. The second-order valence-electron chi connectivity index (χ2n) is 12.3. The number of benzene rings is 2. The summed E-state index contributed by atoms with van der Waals surface area (Å²) in [5, 5.41) is 10.2. The van der Waals surface area contributed by atoms with Crippen LogP contribution in [0.5, 0.6) is 11.5 Å². The molecule has 3 fully saturated rings. The number of methoxy groups -OCH3 is 2. The highest BCUT2D eigenvalue weighted by molar-refractivity contribution is 7.14. The quantitative estimate of drug-likeness (QED) is 0.0883. The second kappa shape index (κ2) is 16.0. The molecular weight excluding hydrogens is 727 g/mol. The maximum Gasteiger partial charge on any atom is 0.414 e. The first-order valence-electron chi connectivity index (χ1n) is 16.2. The van der Waals surface area contributed by atoms with E-state index in [9.17, 15) is 23.6 Å². The molecule has 5 heterocycles. The standard InChI is InChI=1S/C36H36Cl2F2N3O7S/c1-47-29-8-6-22(15-31(29)48-2)30(16-26-27(37)18-42(46)19-28(26)38)49-35(44)33-9-7-25(51-33)17-43(24-5-3-4-23(14-24)34(39)40)36(45)50-32-20-41-12-10-21(32)11-13-41/h3-9,14-15,18-19,21,30,32,34,46H,10-13,16-17,20H2,1-2H3/q+1/t30-,32-/m0/s1. The number of rotatable bonds is 12. The van der Waals surface area contributed by atoms with Crippen LogP contribution >= 0.6 is 34.5 Å². The summed E-state index contributed by atoms with van der Waals surface area (Å²) in [5.41, 5.74) is 1.03. The van der Waals surface area contributed by atoms with Gasteiger partial charge in [0.05, 0.1) is 20.8 Å². The van der Waals surface area contributed by atoms with Crippen LogP contribution in [0.3, 0.4) is 0 Å². The fourth-order valence-corrected chi connectivity index (χ4v) is 7.93. The fourth-order valence-electron chi connectivity index (χ4n) is 6.44. The van der Waals surface area contributed by atoms with Crippen molar-refractivity contribution in [1.29, 1.82) is 0 Å². The zero-order valence-electron chi connectivity index (χ0n) is 27.8. The van der Waals surface area contributed by atoms with Gasteiger partial charge in [-0.1, -0.05) is 41.4 Å². The van der Waals surface area contributed by atoms with Gasteiger partial charge >= 0.3 is 12.1 Å². The van der Waals surface area contributed by atoms with Crippen LogP contribution in [0.25, 0.3) is 0 Å². The Bertz CT molecular complexity index is 1870. The van der Waals surface area contributed by atoms with Crippen molar-refractivity contribution in [1.82, 2.24) is 4.90 Å². The first-order chi connectivity index (χ1) is 24.5. The highest BCUT2D eigenvalue weighted by atomic mass is 35.5. The molecule has 2 aromatic carbocycles. The zero-order valence-corrected chi connectivity index (χ0v) is 30.1. The molecule has 4 aromatic rings. The molecule has 10 nitrogen and oxygen atoms in total. The Balaban J connectivity index is 1.25. The lowest BCUT2D eigenvalue weighted by molar-refractivity contribution is -0.904. The van der Waals surface area contributed by atoms with E-state index in [0.717, 1.165) is 42.0 Å². The van der Waals surface area contributed by atoms with Gasteiger partial charge in [-0.25, -0.2) is 18.4 Å². The predicted octanol–water partition coefficient (Wildman–Crippen LogP) is 7.91. The molecule has 0 unspecified atom stereocenters. The Hall–Kier alpha value is -4.17. The first kappa shape index (κ1) is 36.6. The molecule has 3 aliphatic rings. The molecule has 1 amide bonds. The van der Waals surface area contributed by atoms with Crippen LogP contribution in [0, 0.1) is 5.92 Å². The summed E-state index contributed by atoms with van der Waals surface area (Å²) in [6, 6.07) is 14.0. The van der Waals surface area contributed by atoms with Crippen molar-refractivity contribution in [2.45, 2.75) is 44.4 Å². The number of alkyl halides is 2. The number of hydrogen-bond acceptors (Lipinski definition) is 9. The topological polar surface area (TPSA) is 102 Å². The fraction of sp³-hybridized carbons (Fsp3) is 0.361. The summed E-state index contributed by atoms with van der Waals surface area (Å²) >= 11 is 14.0. The summed E-state index contributed by atoms with van der Waals surface area (Å²) in [7, 11) is 2.99. The number of aromatic nitrogens is 1. The van der Waals surface area contributed by atoms with Gasteiger partial charge in [-0.3, -0.25) is 15.0 Å². The van der Waals surface area contributed by atoms with Crippen molar-refractivity contribution in [3.05, 3.63) is 103 Å². The maximum absolute atomic E-state index is 13.7. The SMILES string of the molecule is COc1ccc([C@H](Cc2c(Cl)c[n+](O)cc2Cl)OC(=O)c2ccc(CN(C(=O)O[C@H]3CN4CCC3CC4)c3cccc(C(F)F)c3)s2)cc1OC. The van der Waals surface area contributed by atoms with E-state index in [1.165, 1.54) is 49.7 Å². The number of carbonyl (C=O) groups excluding carboxylic acids is 2. The summed E-state index contributed by atoms with van der Waals surface area (Å²) < 4.78 is 51.0. The molecule has 1 N–H and O–H groups in total. The van der Waals surface area contributed by atoms with E-state index in [4.69, 9.17) is 42.1 Å². The van der Waals surface area contributed by atoms with E-state index in [-0.39, 0.29) is 51.2 Å². The monoisotopic (exact) mass is 762 g/mol. The Morgan fingerprint density at radius 3 is 2.37 bits per heavy atom. The number of piperidine rings is 3. The minimum atomic E-state index is -2.73. The number of hydrogen-bond donors (Lipinski definition) is 1. The largest absolute Gasteiger partial charge is 0.493 e. The summed E-state index contributed by atoms with van der Waals surface area (Å²) in [5.74, 6) is 0.476. The molecule has 51 heavy (non-hydrogen) atoms. The third kappa shape index (κ3) is 8.49. The highest BCUT2D eigenvalue weighted by Crippen LogP contribution is 2.37. The van der Waals surface area contributed by atoms with Crippen LogP contribution in [0.2, 0.25) is 10.0 Å². The van der Waals surface area contributed by atoms with Crippen LogP contribution in [0.15, 0.2) is 67.0 Å². The number of nitrogens with zero attached hydrogens (tertiary/aromatic N) is 3. The van der Waals surface area contributed by atoms with Crippen molar-refractivity contribution in [2.24, 2.45) is 5.92 Å². The molecule has 0 aliphatic carbocycles. The van der Waals surface area contributed by atoms with Gasteiger partial charge in [-0.05, 0) is 73.8 Å². The number of ether oxygens (including phenoxy) is 4. The van der Waals surface area contributed by atoms with Gasteiger partial charge in [-0.15, -0.1) is 11.3 Å². The third-order valence-electron chi connectivity index (χ3n) is 9.17. The van der Waals surface area contributed by atoms with E-state index in [0.29, 0.717) is 34.0 Å². The van der Waals surface area contributed by atoms with Crippen molar-refractivity contribution in [3.8, 4) is 11.5 Å². The van der Waals surface area contributed by atoms with Crippen LogP contribution in [-0.4, -0.2) is 62.1 Å². The van der Waals surface area contributed by atoms with Crippen molar-refractivity contribution in [2.75, 3.05) is 38.8 Å². The Kier molecular flexibility index (Phi) is 11.5. The summed E-state index contributed by atoms with van der Waals surface area (Å²) in [6.07, 6.45) is -0.110. The number of pyridine rings is 1. The number of anilines is 1. The number of thiophene rings is 1. The molecule has 15 heteroatoms. The Labute approximate surface area is 307 Å². The van der Waals surface area contributed by atoms with Gasteiger partial charge in [0.15, 0.2) is 11.5 Å². The Morgan fingerprint density at radius 2 is 1.73 bits per heavy atom. The molecule has 3 aliphatic heterocycles. The van der Waals surface area contributed by atoms with E-state index >= 15 is 0 Å². The first-order valence-corrected chi connectivity index (χ1v) is 17.8. The smallest absolute Gasteiger partial charge is 0.414 e. The molecule has 3 saturated heterocycles. The summed E-state index contributed by atoms with van der Waals surface area (Å²) in [4.78, 5) is 31.8. The highest BCUT2D eigenvalue weighted by Gasteiger charge is 2.38. The van der Waals surface area contributed by atoms with Crippen molar-refractivity contribution in [3.63, 3.8) is 0 Å². The molecule has 0 radical (unpaired) electrons. The molecule has 0 saturated carbocycles. The normalized spacial score (nSPS) is 18.7. The molecule has 2 atom stereocenters. The van der Waals surface area contributed by atoms with Gasteiger partial charge in [-0.2, -0.15) is 0 Å². The average molecular weight is 764 g/mol. The minimum Gasteiger partial charge on any atom is -0.493 e. The zero-order chi connectivity index (χ0) is 36.2. The number of halogens is 4. The van der Waals surface area contributed by atoms with Crippen LogP contribution in [0.1, 0.15) is 56.6 Å². The van der Waals surface area contributed by atoms with Gasteiger partial charge in [0, 0.05) is 39.4 Å². The third-order valence-corrected chi connectivity index (χ3v) is 10.9. The van der Waals surface area contributed by atoms with Crippen molar-refractivity contribution >= 4 is 52.3 Å². The number of fused-ring (bicyclic) bond motifs is 3. The molecule has 2 aromatic heterocycles. The lowest BCUT2D eigenvalue weighted by atomic mass is 9.86. The second-order valence-corrected chi connectivity index (χ2v) is 14.3. The lowest BCUT2D eigenvalue weighted by Gasteiger charge is -2.44. The van der Waals surface area contributed by atoms with E-state index in [2.05, 4.69) is 4.90 Å². The molecule has 2 bridgehead atoms. The summed E-state index contributed by atoms with van der Waals surface area (Å²) in [6.45, 7) is 2.54. The predicted molar refractivity (Wildman–Crippen MR) is 187 cm³/mol. The molecular formula is C36H36Cl2F2N3O7S+. The van der Waals surface area contributed by atoms with Gasteiger partial charge < -0.3 is 18.9 Å².